The second-order valence-corrected chi connectivity index (χ2v) is 5.28. The summed E-state index contributed by atoms with van der Waals surface area (Å²) in [6.45, 7) is 1.91. The van der Waals surface area contributed by atoms with Gasteiger partial charge in [0.15, 0.2) is 0 Å². The molecule has 0 aliphatic heterocycles. The van der Waals surface area contributed by atoms with Gasteiger partial charge >= 0.3 is 0 Å². The Balaban J connectivity index is 1.78. The fourth-order valence-electron chi connectivity index (χ4n) is 2.70. The Morgan fingerprint density at radius 2 is 2.25 bits per heavy atom. The normalized spacial score (nSPS) is 17.6. The van der Waals surface area contributed by atoms with Crippen molar-refractivity contribution in [1.29, 1.82) is 0 Å². The zero-order valence-electron chi connectivity index (χ0n) is 11.8. The largest absolute Gasteiger partial charge is 0.345 e. The lowest BCUT2D eigenvalue weighted by atomic mass is 9.93. The maximum absolute atomic E-state index is 12.3. The Morgan fingerprint density at radius 3 is 3.00 bits per heavy atom. The summed E-state index contributed by atoms with van der Waals surface area (Å²) in [5.74, 6) is -0.0702. The predicted molar refractivity (Wildman–Crippen MR) is 75.3 cm³/mol. The fourth-order valence-corrected chi connectivity index (χ4v) is 2.70. The van der Waals surface area contributed by atoms with Gasteiger partial charge in [-0.1, -0.05) is 0 Å². The highest BCUT2D eigenvalue weighted by molar-refractivity contribution is 5.94. The smallest absolute Gasteiger partial charge is 0.253 e. The molecule has 0 radical (unpaired) electrons. The quantitative estimate of drug-likeness (QED) is 0.907. The summed E-state index contributed by atoms with van der Waals surface area (Å²) in [6.07, 6.45) is 6.56. The minimum absolute atomic E-state index is 0.0567. The summed E-state index contributed by atoms with van der Waals surface area (Å²) < 4.78 is 1.90. The molecule has 1 unspecified atom stereocenters. The molecule has 20 heavy (non-hydrogen) atoms. The van der Waals surface area contributed by atoms with Crippen molar-refractivity contribution >= 4 is 5.91 Å². The van der Waals surface area contributed by atoms with Gasteiger partial charge in [-0.3, -0.25) is 14.5 Å². The molecule has 1 atom stereocenters. The number of hydrogen-bond donors (Lipinski definition) is 1. The number of amides is 1. The van der Waals surface area contributed by atoms with E-state index in [0.29, 0.717) is 5.56 Å². The molecule has 2 aromatic rings. The molecule has 2 heterocycles. The van der Waals surface area contributed by atoms with Crippen LogP contribution in [0.1, 0.15) is 46.2 Å². The van der Waals surface area contributed by atoms with Crippen molar-refractivity contribution in [2.45, 2.75) is 32.2 Å². The lowest BCUT2D eigenvalue weighted by Gasteiger charge is -2.23. The van der Waals surface area contributed by atoms with Crippen molar-refractivity contribution in [2.24, 2.45) is 7.05 Å². The molecule has 3 rings (SSSR count). The molecule has 0 spiro atoms. The highest BCUT2D eigenvalue weighted by atomic mass is 16.1. The molecule has 0 bridgehead atoms. The van der Waals surface area contributed by atoms with Crippen LogP contribution in [0, 0.1) is 6.92 Å². The Kier molecular flexibility index (Phi) is 3.26. The van der Waals surface area contributed by atoms with Crippen LogP contribution in [0.5, 0.6) is 0 Å². The Hall–Kier alpha value is -2.17. The molecule has 1 N–H and O–H groups in total. The van der Waals surface area contributed by atoms with Gasteiger partial charge in [-0.25, -0.2) is 0 Å². The predicted octanol–water partition coefficient (Wildman–Crippen LogP) is 1.93. The molecular weight excluding hydrogens is 252 g/mol. The van der Waals surface area contributed by atoms with Crippen LogP contribution in [-0.4, -0.2) is 20.7 Å². The minimum Gasteiger partial charge on any atom is -0.345 e. The van der Waals surface area contributed by atoms with Crippen LogP contribution >= 0.6 is 0 Å². The van der Waals surface area contributed by atoms with Crippen LogP contribution in [0.2, 0.25) is 0 Å². The topological polar surface area (TPSA) is 59.8 Å². The van der Waals surface area contributed by atoms with Crippen molar-refractivity contribution in [3.05, 3.63) is 47.0 Å². The van der Waals surface area contributed by atoms with Gasteiger partial charge in [0.25, 0.3) is 5.91 Å². The number of hydrogen-bond acceptors (Lipinski definition) is 3. The van der Waals surface area contributed by atoms with Crippen molar-refractivity contribution in [3.63, 3.8) is 0 Å². The van der Waals surface area contributed by atoms with Gasteiger partial charge in [-0.2, -0.15) is 5.10 Å². The van der Waals surface area contributed by atoms with Crippen LogP contribution in [0.25, 0.3) is 0 Å². The second kappa shape index (κ2) is 5.07. The summed E-state index contributed by atoms with van der Waals surface area (Å²) in [4.78, 5) is 16.4. The SMILES string of the molecule is Cc1ccc(C(=O)NC2CCCc3c2cnn3C)cn1. The van der Waals surface area contributed by atoms with E-state index in [-0.39, 0.29) is 11.9 Å². The zero-order valence-corrected chi connectivity index (χ0v) is 11.8. The zero-order chi connectivity index (χ0) is 14.1. The Morgan fingerprint density at radius 1 is 1.40 bits per heavy atom. The molecule has 0 aromatic carbocycles. The molecule has 5 heteroatoms. The van der Waals surface area contributed by atoms with E-state index in [2.05, 4.69) is 15.4 Å². The molecule has 0 saturated heterocycles. The maximum Gasteiger partial charge on any atom is 0.253 e. The summed E-state index contributed by atoms with van der Waals surface area (Å²) >= 11 is 0. The molecule has 0 saturated carbocycles. The molecule has 5 nitrogen and oxygen atoms in total. The first-order valence-corrected chi connectivity index (χ1v) is 6.89. The van der Waals surface area contributed by atoms with Crippen LogP contribution in [-0.2, 0) is 13.5 Å². The molecular formula is C15H18N4O. The van der Waals surface area contributed by atoms with E-state index in [1.165, 1.54) is 5.69 Å². The number of carbonyl (C=O) groups is 1. The minimum atomic E-state index is -0.0702. The summed E-state index contributed by atoms with van der Waals surface area (Å²) in [5.41, 5.74) is 3.89. The van der Waals surface area contributed by atoms with Crippen LogP contribution in [0.15, 0.2) is 24.5 Å². The van der Waals surface area contributed by atoms with Crippen molar-refractivity contribution in [3.8, 4) is 0 Å². The average molecular weight is 270 g/mol. The monoisotopic (exact) mass is 270 g/mol. The van der Waals surface area contributed by atoms with Gasteiger partial charge in [0.1, 0.15) is 0 Å². The van der Waals surface area contributed by atoms with E-state index in [4.69, 9.17) is 0 Å². The van der Waals surface area contributed by atoms with Crippen molar-refractivity contribution in [2.75, 3.05) is 0 Å². The van der Waals surface area contributed by atoms with E-state index < -0.39 is 0 Å². The van der Waals surface area contributed by atoms with Gasteiger partial charge < -0.3 is 5.32 Å². The standard InChI is InChI=1S/C15H18N4O/c1-10-6-7-11(8-16-10)15(20)18-13-4-3-5-14-12(13)9-17-19(14)2/h6-9,13H,3-5H2,1-2H3,(H,18,20). The lowest BCUT2D eigenvalue weighted by Crippen LogP contribution is -2.31. The average Bonchev–Trinajstić information content (AvgIpc) is 2.82. The maximum atomic E-state index is 12.3. The molecule has 1 amide bonds. The number of carbonyl (C=O) groups excluding carboxylic acids is 1. The third-order valence-corrected chi connectivity index (χ3v) is 3.85. The highest BCUT2D eigenvalue weighted by Crippen LogP contribution is 2.29. The van der Waals surface area contributed by atoms with E-state index in [0.717, 1.165) is 30.5 Å². The molecule has 104 valence electrons. The molecule has 0 fully saturated rings. The summed E-state index contributed by atoms with van der Waals surface area (Å²) in [5, 5.41) is 7.39. The number of nitrogens with one attached hydrogen (secondary N) is 1. The number of pyridine rings is 1. The van der Waals surface area contributed by atoms with Crippen LogP contribution in [0.4, 0.5) is 0 Å². The number of aryl methyl sites for hydroxylation is 2. The third-order valence-electron chi connectivity index (χ3n) is 3.85. The third kappa shape index (κ3) is 2.31. The molecule has 1 aliphatic rings. The number of aromatic nitrogens is 3. The molecule has 1 aliphatic carbocycles. The first-order valence-electron chi connectivity index (χ1n) is 6.89. The number of rotatable bonds is 2. The molecule has 2 aromatic heterocycles. The number of fused-ring (bicyclic) bond motifs is 1. The van der Waals surface area contributed by atoms with Gasteiger partial charge in [0.05, 0.1) is 17.8 Å². The fraction of sp³-hybridized carbons (Fsp3) is 0.400. The lowest BCUT2D eigenvalue weighted by molar-refractivity contribution is 0.0932. The highest BCUT2D eigenvalue weighted by Gasteiger charge is 2.25. The van der Waals surface area contributed by atoms with E-state index in [9.17, 15) is 4.79 Å². The Labute approximate surface area is 118 Å². The van der Waals surface area contributed by atoms with Gasteiger partial charge in [-0.15, -0.1) is 0 Å². The van der Waals surface area contributed by atoms with E-state index >= 15 is 0 Å². The van der Waals surface area contributed by atoms with E-state index in [1.807, 2.05) is 37.0 Å². The van der Waals surface area contributed by atoms with Crippen LogP contribution < -0.4 is 5.32 Å². The Bertz CT molecular complexity index is 630. The van der Waals surface area contributed by atoms with Gasteiger partial charge in [0, 0.05) is 30.2 Å². The van der Waals surface area contributed by atoms with Gasteiger partial charge in [0.2, 0.25) is 0 Å². The van der Waals surface area contributed by atoms with Crippen molar-refractivity contribution in [1.82, 2.24) is 20.1 Å². The first kappa shape index (κ1) is 12.8. The first-order chi connectivity index (χ1) is 9.65. The summed E-state index contributed by atoms with van der Waals surface area (Å²) in [7, 11) is 1.95. The second-order valence-electron chi connectivity index (χ2n) is 5.28. The van der Waals surface area contributed by atoms with Gasteiger partial charge in [-0.05, 0) is 38.3 Å². The van der Waals surface area contributed by atoms with Crippen LogP contribution in [0.3, 0.4) is 0 Å². The number of nitrogens with zero attached hydrogens (tertiary/aromatic N) is 3. The van der Waals surface area contributed by atoms with E-state index in [1.54, 1.807) is 6.20 Å². The summed E-state index contributed by atoms with van der Waals surface area (Å²) in [6, 6.07) is 3.72. The van der Waals surface area contributed by atoms with Crippen molar-refractivity contribution < 1.29 is 4.79 Å².